The third kappa shape index (κ3) is 2.52. The van der Waals surface area contributed by atoms with E-state index in [2.05, 4.69) is 0 Å². The van der Waals surface area contributed by atoms with Gasteiger partial charge in [-0.05, 0) is 24.0 Å². The molecule has 1 saturated heterocycles. The maximum absolute atomic E-state index is 13.9. The molecule has 1 atom stereocenters. The van der Waals surface area contributed by atoms with Gasteiger partial charge in [-0.1, -0.05) is 18.2 Å². The van der Waals surface area contributed by atoms with Crippen molar-refractivity contribution >= 4 is 9.84 Å². The van der Waals surface area contributed by atoms with Gasteiger partial charge in [0.15, 0.2) is 9.84 Å². The van der Waals surface area contributed by atoms with Crippen LogP contribution in [0, 0.1) is 11.7 Å². The number of hydrogen-bond acceptors (Lipinski definition) is 4. The van der Waals surface area contributed by atoms with Crippen LogP contribution in [0.1, 0.15) is 12.0 Å². The van der Waals surface area contributed by atoms with Crippen molar-refractivity contribution in [2.75, 3.05) is 24.7 Å². The molecule has 6 heteroatoms. The molecule has 2 N–H and O–H groups in total. The van der Waals surface area contributed by atoms with E-state index in [-0.39, 0.29) is 17.1 Å². The molecular weight excluding hydrogens is 271 g/mol. The van der Waals surface area contributed by atoms with Gasteiger partial charge in [0.1, 0.15) is 5.82 Å². The highest BCUT2D eigenvalue weighted by molar-refractivity contribution is 7.91. The zero-order valence-corrected chi connectivity index (χ0v) is 11.2. The van der Waals surface area contributed by atoms with E-state index in [1.165, 1.54) is 18.2 Å². The number of halogens is 1. The molecule has 0 aliphatic carbocycles. The summed E-state index contributed by atoms with van der Waals surface area (Å²) in [5.41, 5.74) is -1.06. The standard InChI is InChI=1S/C13H17FO4S/c14-12-4-2-1-3-11(12)13(8-15,9-16)10-5-6-19(17,18)7-10/h1-4,10,15-16H,5-9H2. The third-order valence-electron chi connectivity index (χ3n) is 3.99. The number of aliphatic hydroxyl groups excluding tert-OH is 2. The molecule has 4 nitrogen and oxygen atoms in total. The quantitative estimate of drug-likeness (QED) is 0.845. The van der Waals surface area contributed by atoms with Crippen molar-refractivity contribution in [3.05, 3.63) is 35.6 Å². The molecule has 0 radical (unpaired) electrons. The molecular formula is C13H17FO4S. The topological polar surface area (TPSA) is 74.6 Å². The molecule has 1 fully saturated rings. The van der Waals surface area contributed by atoms with Gasteiger partial charge in [0, 0.05) is 5.41 Å². The van der Waals surface area contributed by atoms with E-state index in [4.69, 9.17) is 0 Å². The van der Waals surface area contributed by atoms with Crippen LogP contribution in [0.15, 0.2) is 24.3 Å². The molecule has 1 aliphatic heterocycles. The summed E-state index contributed by atoms with van der Waals surface area (Å²) >= 11 is 0. The summed E-state index contributed by atoms with van der Waals surface area (Å²) in [7, 11) is -3.16. The number of aliphatic hydroxyl groups is 2. The summed E-state index contributed by atoms with van der Waals surface area (Å²) < 4.78 is 37.1. The van der Waals surface area contributed by atoms with Crippen LogP contribution in [-0.2, 0) is 15.3 Å². The van der Waals surface area contributed by atoms with Gasteiger partial charge in [0.2, 0.25) is 0 Å². The van der Waals surface area contributed by atoms with Gasteiger partial charge in [-0.15, -0.1) is 0 Å². The maximum atomic E-state index is 13.9. The number of benzene rings is 1. The summed E-state index contributed by atoms with van der Waals surface area (Å²) in [6.07, 6.45) is 0.331. The molecule has 1 heterocycles. The van der Waals surface area contributed by atoms with E-state index in [0.29, 0.717) is 6.42 Å². The first-order chi connectivity index (χ1) is 8.95. The highest BCUT2D eigenvalue weighted by Gasteiger charge is 2.46. The molecule has 2 rings (SSSR count). The first-order valence-electron chi connectivity index (χ1n) is 6.12. The normalized spacial score (nSPS) is 22.6. The Bertz CT molecular complexity index is 552. The van der Waals surface area contributed by atoms with Crippen LogP contribution in [-0.4, -0.2) is 43.4 Å². The van der Waals surface area contributed by atoms with Gasteiger partial charge in [-0.25, -0.2) is 12.8 Å². The second-order valence-corrected chi connectivity index (χ2v) is 7.28. The molecule has 1 aromatic rings. The van der Waals surface area contributed by atoms with E-state index in [1.54, 1.807) is 6.07 Å². The predicted molar refractivity (Wildman–Crippen MR) is 69.0 cm³/mol. The van der Waals surface area contributed by atoms with E-state index >= 15 is 0 Å². The number of hydrogen-bond donors (Lipinski definition) is 2. The first-order valence-corrected chi connectivity index (χ1v) is 7.94. The second-order valence-electron chi connectivity index (χ2n) is 5.05. The summed E-state index contributed by atoms with van der Waals surface area (Å²) in [6, 6.07) is 5.87. The minimum Gasteiger partial charge on any atom is -0.395 e. The van der Waals surface area contributed by atoms with E-state index in [1.807, 2.05) is 0 Å². The molecule has 0 saturated carbocycles. The smallest absolute Gasteiger partial charge is 0.150 e. The van der Waals surface area contributed by atoms with E-state index < -0.39 is 40.2 Å². The van der Waals surface area contributed by atoms with E-state index in [9.17, 15) is 23.0 Å². The Morgan fingerprint density at radius 1 is 1.26 bits per heavy atom. The first kappa shape index (κ1) is 14.4. The Morgan fingerprint density at radius 2 is 1.89 bits per heavy atom. The monoisotopic (exact) mass is 288 g/mol. The lowest BCUT2D eigenvalue weighted by atomic mass is 9.71. The molecule has 19 heavy (non-hydrogen) atoms. The number of rotatable bonds is 4. The minimum atomic E-state index is -3.16. The Morgan fingerprint density at radius 3 is 2.37 bits per heavy atom. The Labute approximate surface area is 111 Å². The number of sulfone groups is 1. The molecule has 0 bridgehead atoms. The zero-order chi connectivity index (χ0) is 14.1. The van der Waals surface area contributed by atoms with Gasteiger partial charge < -0.3 is 10.2 Å². The van der Waals surface area contributed by atoms with Crippen molar-refractivity contribution in [2.45, 2.75) is 11.8 Å². The van der Waals surface area contributed by atoms with Crippen LogP contribution in [0.3, 0.4) is 0 Å². The van der Waals surface area contributed by atoms with Crippen molar-refractivity contribution in [3.63, 3.8) is 0 Å². The van der Waals surface area contributed by atoms with Crippen LogP contribution in [0.2, 0.25) is 0 Å². The average Bonchev–Trinajstić information content (AvgIpc) is 2.74. The molecule has 0 amide bonds. The van der Waals surface area contributed by atoms with Crippen LogP contribution in [0.5, 0.6) is 0 Å². The van der Waals surface area contributed by atoms with Crippen molar-refractivity contribution in [1.82, 2.24) is 0 Å². The summed E-state index contributed by atoms with van der Waals surface area (Å²) in [4.78, 5) is 0. The molecule has 0 spiro atoms. The van der Waals surface area contributed by atoms with Crippen molar-refractivity contribution < 1.29 is 23.0 Å². The molecule has 1 unspecified atom stereocenters. The van der Waals surface area contributed by atoms with Crippen LogP contribution in [0.25, 0.3) is 0 Å². The Balaban J connectivity index is 2.47. The fourth-order valence-electron chi connectivity index (χ4n) is 2.79. The van der Waals surface area contributed by atoms with Gasteiger partial charge in [0.25, 0.3) is 0 Å². The van der Waals surface area contributed by atoms with Gasteiger partial charge in [-0.3, -0.25) is 0 Å². The fraction of sp³-hybridized carbons (Fsp3) is 0.538. The lowest BCUT2D eigenvalue weighted by Gasteiger charge is -2.36. The Hall–Kier alpha value is -0.980. The largest absolute Gasteiger partial charge is 0.395 e. The highest BCUT2D eigenvalue weighted by atomic mass is 32.2. The van der Waals surface area contributed by atoms with Gasteiger partial charge >= 0.3 is 0 Å². The predicted octanol–water partition coefficient (Wildman–Crippen LogP) is 0.483. The molecule has 1 aliphatic rings. The lowest BCUT2D eigenvalue weighted by Crippen LogP contribution is -2.44. The van der Waals surface area contributed by atoms with Crippen LogP contribution < -0.4 is 0 Å². The molecule has 106 valence electrons. The van der Waals surface area contributed by atoms with E-state index in [0.717, 1.165) is 0 Å². The molecule has 1 aromatic carbocycles. The highest BCUT2D eigenvalue weighted by Crippen LogP contribution is 2.39. The maximum Gasteiger partial charge on any atom is 0.150 e. The van der Waals surface area contributed by atoms with Crippen LogP contribution >= 0.6 is 0 Å². The summed E-state index contributed by atoms with van der Waals surface area (Å²) in [5, 5.41) is 19.3. The van der Waals surface area contributed by atoms with Crippen molar-refractivity contribution in [3.8, 4) is 0 Å². The fourth-order valence-corrected chi connectivity index (χ4v) is 4.70. The Kier molecular flexibility index (Phi) is 3.94. The summed E-state index contributed by atoms with van der Waals surface area (Å²) in [6.45, 7) is -0.963. The molecule has 0 aromatic heterocycles. The second kappa shape index (κ2) is 5.19. The van der Waals surface area contributed by atoms with Gasteiger partial charge in [0.05, 0.1) is 24.7 Å². The summed E-state index contributed by atoms with van der Waals surface area (Å²) in [5.74, 6) is -1.10. The zero-order valence-electron chi connectivity index (χ0n) is 10.4. The third-order valence-corrected chi connectivity index (χ3v) is 5.76. The van der Waals surface area contributed by atoms with Gasteiger partial charge in [-0.2, -0.15) is 0 Å². The van der Waals surface area contributed by atoms with Crippen LogP contribution in [0.4, 0.5) is 4.39 Å². The SMILES string of the molecule is O=S1(=O)CCC(C(CO)(CO)c2ccccc2F)C1. The van der Waals surface area contributed by atoms with Crippen molar-refractivity contribution in [1.29, 1.82) is 0 Å². The van der Waals surface area contributed by atoms with Crippen molar-refractivity contribution in [2.24, 2.45) is 5.92 Å². The average molecular weight is 288 g/mol. The minimum absolute atomic E-state index is 0.0217. The lowest BCUT2D eigenvalue weighted by molar-refractivity contribution is 0.0746.